The first-order chi connectivity index (χ1) is 23.1. The largest absolute Gasteiger partial charge is 1.00 e. The fraction of sp³-hybridized carbons (Fsp3) is 0.559. The van der Waals surface area contributed by atoms with Crippen molar-refractivity contribution in [3.8, 4) is 11.3 Å². The van der Waals surface area contributed by atoms with Crippen LogP contribution in [-0.2, 0) is 28.7 Å². The number of carboxylic acid groups (broad SMARTS) is 1. The van der Waals surface area contributed by atoms with Gasteiger partial charge in [-0.05, 0) is 50.8 Å². The molecule has 49 heavy (non-hydrogen) atoms. The molecule has 1 aromatic carbocycles. The number of aliphatic carboxylic acids is 1. The second-order valence-corrected chi connectivity index (χ2v) is 13.9. The number of anilines is 2. The van der Waals surface area contributed by atoms with Gasteiger partial charge in [0.2, 0.25) is 0 Å². The molecule has 2 aromatic heterocycles. The van der Waals surface area contributed by atoms with Crippen molar-refractivity contribution in [3.63, 3.8) is 0 Å². The van der Waals surface area contributed by atoms with Crippen molar-refractivity contribution in [2.24, 2.45) is 5.92 Å². The predicted octanol–water partition coefficient (Wildman–Crippen LogP) is 1.62. The summed E-state index contributed by atoms with van der Waals surface area (Å²) in [6, 6.07) is 4.84. The molecule has 0 radical (unpaired) electrons. The van der Waals surface area contributed by atoms with Crippen LogP contribution in [0, 0.1) is 5.92 Å². The van der Waals surface area contributed by atoms with E-state index in [1.165, 1.54) is 35.9 Å². The number of morpholine rings is 1. The molecule has 0 spiro atoms. The summed E-state index contributed by atoms with van der Waals surface area (Å²) in [7, 11) is 0. The van der Waals surface area contributed by atoms with E-state index < -0.39 is 23.6 Å². The number of piperidine rings is 1. The number of alkyl halides is 3. The van der Waals surface area contributed by atoms with E-state index in [0.29, 0.717) is 86.9 Å². The maximum atomic E-state index is 14.5. The number of carbonyl (C=O) groups is 2. The molecule has 1 atom stereocenters. The number of ether oxygens (including phenoxy) is 1. The zero-order valence-corrected chi connectivity index (χ0v) is 30.8. The van der Waals surface area contributed by atoms with Crippen molar-refractivity contribution < 1.29 is 62.2 Å². The Hall–Kier alpha value is -2.62. The third kappa shape index (κ3) is 9.01. The Balaban J connectivity index is 0.00000468. The van der Waals surface area contributed by atoms with Gasteiger partial charge in [-0.3, -0.25) is 9.69 Å². The van der Waals surface area contributed by atoms with E-state index in [1.807, 2.05) is 4.90 Å². The number of hydrogen-bond donors (Lipinski definition) is 0. The summed E-state index contributed by atoms with van der Waals surface area (Å²) in [5.41, 5.74) is 0.447. The second kappa shape index (κ2) is 16.6. The molecule has 15 heteroatoms. The molecule has 3 aromatic rings. The summed E-state index contributed by atoms with van der Waals surface area (Å²) in [5.74, 6) is -1.24. The zero-order chi connectivity index (χ0) is 33.8. The molecule has 0 saturated carbocycles. The van der Waals surface area contributed by atoms with Crippen LogP contribution in [0.25, 0.3) is 11.3 Å². The molecule has 5 heterocycles. The summed E-state index contributed by atoms with van der Waals surface area (Å²) >= 11 is 1.37. The number of hydrogen-bond acceptors (Lipinski definition) is 11. The standard InChI is InChI=1S/C34H41F3N6O4S.Na/c1-2-4-24-5-3-10-43(24)21-29-32(23-6-7-27(25(17-23)34(35,36)37)41-13-15-47-16-14-41)40-31(48-29)18-28(44)26-19-39-30(20-38-26)42-11-8-22(9-12-42)33(45)46;/h6-7,17,19-20,22,24H,2-5,8-16,18,21H2,1H3,(H,45,46);/q;+1/p-1. The van der Waals surface area contributed by atoms with E-state index >= 15 is 0 Å². The minimum atomic E-state index is -4.56. The summed E-state index contributed by atoms with van der Waals surface area (Å²) in [5, 5.41) is 11.7. The molecule has 10 nitrogen and oxygen atoms in total. The van der Waals surface area contributed by atoms with Gasteiger partial charge in [-0.15, -0.1) is 11.3 Å². The third-order valence-corrected chi connectivity index (χ3v) is 10.6. The molecule has 6 rings (SSSR count). The molecule has 3 saturated heterocycles. The van der Waals surface area contributed by atoms with Crippen molar-refractivity contribution in [2.75, 3.05) is 55.7 Å². The van der Waals surface area contributed by atoms with Crippen LogP contribution in [0.5, 0.6) is 0 Å². The quantitative estimate of drug-likeness (QED) is 0.215. The molecule has 0 aliphatic carbocycles. The summed E-state index contributed by atoms with van der Waals surface area (Å²) in [6.45, 7) is 6.14. The van der Waals surface area contributed by atoms with Gasteiger partial charge in [0.1, 0.15) is 16.5 Å². The number of ketones is 1. The van der Waals surface area contributed by atoms with Crippen LogP contribution in [0.1, 0.15) is 71.4 Å². The van der Waals surface area contributed by atoms with Gasteiger partial charge >= 0.3 is 35.7 Å². The molecule has 258 valence electrons. The summed E-state index contributed by atoms with van der Waals surface area (Å²) in [4.78, 5) is 45.0. The van der Waals surface area contributed by atoms with E-state index in [0.717, 1.165) is 37.1 Å². The molecule has 0 N–H and O–H groups in total. The molecule has 0 bridgehead atoms. The third-order valence-electron chi connectivity index (χ3n) is 9.52. The Morgan fingerprint density at radius 1 is 1.02 bits per heavy atom. The van der Waals surface area contributed by atoms with Crippen molar-refractivity contribution in [3.05, 3.63) is 51.7 Å². The van der Waals surface area contributed by atoms with Gasteiger partial charge < -0.3 is 24.4 Å². The Morgan fingerprint density at radius 2 is 1.78 bits per heavy atom. The van der Waals surface area contributed by atoms with Gasteiger partial charge in [0.25, 0.3) is 0 Å². The fourth-order valence-corrected chi connectivity index (χ4v) is 8.06. The monoisotopic (exact) mass is 708 g/mol. The summed E-state index contributed by atoms with van der Waals surface area (Å²) in [6.07, 6.45) is 3.48. The Kier molecular flexibility index (Phi) is 12.7. The van der Waals surface area contributed by atoms with Crippen LogP contribution in [0.3, 0.4) is 0 Å². The number of Topliss-reactive ketones (excluding diaryl/α,β-unsaturated/α-hetero) is 1. The predicted molar refractivity (Wildman–Crippen MR) is 174 cm³/mol. The minimum Gasteiger partial charge on any atom is -0.550 e. The molecule has 3 fully saturated rings. The van der Waals surface area contributed by atoms with Gasteiger partial charge in [0.05, 0.1) is 43.3 Å². The summed E-state index contributed by atoms with van der Waals surface area (Å²) < 4.78 is 48.7. The van der Waals surface area contributed by atoms with Crippen molar-refractivity contribution >= 4 is 34.6 Å². The van der Waals surface area contributed by atoms with E-state index in [4.69, 9.17) is 9.72 Å². The van der Waals surface area contributed by atoms with E-state index in [-0.39, 0.29) is 53.1 Å². The van der Waals surface area contributed by atoms with Crippen LogP contribution in [0.4, 0.5) is 24.7 Å². The van der Waals surface area contributed by atoms with Crippen LogP contribution in [0.2, 0.25) is 0 Å². The first-order valence-electron chi connectivity index (χ1n) is 16.7. The number of halogens is 3. The van der Waals surface area contributed by atoms with Gasteiger partial charge in [-0.1, -0.05) is 19.4 Å². The molecular weight excluding hydrogens is 668 g/mol. The average molecular weight is 709 g/mol. The Morgan fingerprint density at radius 3 is 2.43 bits per heavy atom. The van der Waals surface area contributed by atoms with E-state index in [9.17, 15) is 27.9 Å². The number of carboxylic acids is 1. The van der Waals surface area contributed by atoms with Crippen LogP contribution in [-0.4, -0.2) is 83.6 Å². The van der Waals surface area contributed by atoms with Crippen molar-refractivity contribution in [2.45, 2.75) is 70.6 Å². The number of likely N-dealkylation sites (tertiary alicyclic amines) is 1. The van der Waals surface area contributed by atoms with E-state index in [2.05, 4.69) is 21.8 Å². The van der Waals surface area contributed by atoms with Gasteiger partial charge in [-0.25, -0.2) is 15.0 Å². The van der Waals surface area contributed by atoms with Gasteiger partial charge in [0.15, 0.2) is 5.78 Å². The number of rotatable bonds is 11. The molecule has 1 unspecified atom stereocenters. The maximum Gasteiger partial charge on any atom is 1.00 e. The number of aromatic nitrogens is 3. The minimum absolute atomic E-state index is 0. The zero-order valence-electron chi connectivity index (χ0n) is 28.0. The number of benzene rings is 1. The SMILES string of the molecule is CCCC1CCCN1Cc1sc(CC(=O)c2cnc(N3CCC(C(=O)[O-])CC3)cn2)nc1-c1ccc(N2CCOCC2)c(C(F)(F)F)c1.[Na+]. The fourth-order valence-electron chi connectivity index (χ4n) is 6.95. The smallest absolute Gasteiger partial charge is 0.550 e. The number of nitrogens with zero attached hydrogens (tertiary/aromatic N) is 6. The van der Waals surface area contributed by atoms with Gasteiger partial charge in [0, 0.05) is 66.8 Å². The first kappa shape index (κ1) is 37.6. The maximum absolute atomic E-state index is 14.5. The second-order valence-electron chi connectivity index (χ2n) is 12.7. The van der Waals surface area contributed by atoms with Crippen LogP contribution >= 0.6 is 11.3 Å². The van der Waals surface area contributed by atoms with Crippen LogP contribution in [0.15, 0.2) is 30.6 Å². The van der Waals surface area contributed by atoms with Crippen molar-refractivity contribution in [1.82, 2.24) is 19.9 Å². The van der Waals surface area contributed by atoms with Crippen molar-refractivity contribution in [1.29, 1.82) is 0 Å². The van der Waals surface area contributed by atoms with Gasteiger partial charge in [-0.2, -0.15) is 13.2 Å². The topological polar surface area (TPSA) is 115 Å². The molecule has 3 aliphatic rings. The molecule has 0 amide bonds. The molecule has 3 aliphatic heterocycles. The average Bonchev–Trinajstić information content (AvgIpc) is 3.71. The number of thiazole rings is 1. The normalized spacial score (nSPS) is 19.2. The Labute approximate surface area is 310 Å². The number of carbonyl (C=O) groups excluding carboxylic acids is 2. The van der Waals surface area contributed by atoms with Crippen LogP contribution < -0.4 is 44.5 Å². The Bertz CT molecular complexity index is 1590. The molecular formula is C34H40F3N6NaO4S. The van der Waals surface area contributed by atoms with E-state index in [1.54, 1.807) is 11.0 Å². The first-order valence-corrected chi connectivity index (χ1v) is 17.5.